The van der Waals surface area contributed by atoms with Crippen LogP contribution >= 0.6 is 11.6 Å². The van der Waals surface area contributed by atoms with Gasteiger partial charge in [-0.3, -0.25) is 14.5 Å². The summed E-state index contributed by atoms with van der Waals surface area (Å²) in [6, 6.07) is 7.51. The molecule has 0 radical (unpaired) electrons. The van der Waals surface area contributed by atoms with Gasteiger partial charge in [0.05, 0.1) is 26.3 Å². The smallest absolute Gasteiger partial charge is 0.320 e. The SMILES string of the molecule is CCOC(=O)CN(CCOC)CC(=O)NCCc1ccc(Cl)cc1. The molecule has 6 nitrogen and oxygen atoms in total. The topological polar surface area (TPSA) is 67.9 Å². The van der Waals surface area contributed by atoms with Crippen molar-refractivity contribution in [1.29, 1.82) is 0 Å². The van der Waals surface area contributed by atoms with Crippen LogP contribution in [-0.4, -0.2) is 63.3 Å². The highest BCUT2D eigenvalue weighted by molar-refractivity contribution is 6.30. The number of ether oxygens (including phenoxy) is 2. The maximum Gasteiger partial charge on any atom is 0.320 e. The van der Waals surface area contributed by atoms with Gasteiger partial charge in [0.15, 0.2) is 0 Å². The van der Waals surface area contributed by atoms with Gasteiger partial charge < -0.3 is 14.8 Å². The van der Waals surface area contributed by atoms with Gasteiger partial charge in [-0.15, -0.1) is 0 Å². The van der Waals surface area contributed by atoms with Gasteiger partial charge in [-0.1, -0.05) is 23.7 Å². The quantitative estimate of drug-likeness (QED) is 0.609. The van der Waals surface area contributed by atoms with Crippen LogP contribution in [0.4, 0.5) is 0 Å². The summed E-state index contributed by atoms with van der Waals surface area (Å²) >= 11 is 5.84. The Labute approximate surface area is 148 Å². The van der Waals surface area contributed by atoms with Crippen LogP contribution in [0, 0.1) is 0 Å². The molecule has 0 atom stereocenters. The van der Waals surface area contributed by atoms with E-state index in [0.717, 1.165) is 12.0 Å². The summed E-state index contributed by atoms with van der Waals surface area (Å²) in [5.41, 5.74) is 1.10. The molecule has 0 saturated carbocycles. The molecule has 0 unspecified atom stereocenters. The summed E-state index contributed by atoms with van der Waals surface area (Å²) in [5, 5.41) is 3.54. The summed E-state index contributed by atoms with van der Waals surface area (Å²) in [7, 11) is 1.58. The molecule has 0 spiro atoms. The fourth-order valence-electron chi connectivity index (χ4n) is 2.08. The molecular formula is C17H25ClN2O4. The number of nitrogens with zero attached hydrogens (tertiary/aromatic N) is 1. The van der Waals surface area contributed by atoms with E-state index >= 15 is 0 Å². The Morgan fingerprint density at radius 2 is 1.92 bits per heavy atom. The lowest BCUT2D eigenvalue weighted by atomic mass is 10.1. The first-order valence-corrected chi connectivity index (χ1v) is 8.31. The molecule has 7 heteroatoms. The third-order valence-electron chi connectivity index (χ3n) is 3.29. The van der Waals surface area contributed by atoms with E-state index in [0.29, 0.717) is 31.3 Å². The number of halogens is 1. The number of nitrogens with one attached hydrogen (secondary N) is 1. The molecule has 0 aliphatic carbocycles. The van der Waals surface area contributed by atoms with E-state index in [9.17, 15) is 9.59 Å². The van der Waals surface area contributed by atoms with Crippen LogP contribution in [0.1, 0.15) is 12.5 Å². The first-order chi connectivity index (χ1) is 11.5. The van der Waals surface area contributed by atoms with Crippen molar-refractivity contribution in [3.63, 3.8) is 0 Å². The van der Waals surface area contributed by atoms with Crippen LogP contribution in [0.2, 0.25) is 5.02 Å². The van der Waals surface area contributed by atoms with E-state index in [1.165, 1.54) is 0 Å². The zero-order chi connectivity index (χ0) is 17.8. The average Bonchev–Trinajstić information content (AvgIpc) is 2.54. The van der Waals surface area contributed by atoms with E-state index in [1.807, 2.05) is 24.3 Å². The lowest BCUT2D eigenvalue weighted by Crippen LogP contribution is -2.42. The number of benzene rings is 1. The average molecular weight is 357 g/mol. The summed E-state index contributed by atoms with van der Waals surface area (Å²) < 4.78 is 9.93. The maximum atomic E-state index is 12.0. The number of carbonyl (C=O) groups is 2. The standard InChI is InChI=1S/C17H25ClN2O4/c1-3-24-17(22)13-20(10-11-23-2)12-16(21)19-9-8-14-4-6-15(18)7-5-14/h4-7H,3,8-13H2,1-2H3,(H,19,21). The molecule has 0 heterocycles. The summed E-state index contributed by atoms with van der Waals surface area (Å²) in [5.74, 6) is -0.480. The molecule has 1 rings (SSSR count). The van der Waals surface area contributed by atoms with Crippen LogP contribution in [0.25, 0.3) is 0 Å². The number of methoxy groups -OCH3 is 1. The molecule has 24 heavy (non-hydrogen) atoms. The van der Waals surface area contributed by atoms with E-state index in [1.54, 1.807) is 18.9 Å². The first-order valence-electron chi connectivity index (χ1n) is 7.93. The monoisotopic (exact) mass is 356 g/mol. The predicted molar refractivity (Wildman–Crippen MR) is 93.1 cm³/mol. The summed E-state index contributed by atoms with van der Waals surface area (Å²) in [6.07, 6.45) is 0.721. The Bertz CT molecular complexity index is 508. The number of amides is 1. The molecular weight excluding hydrogens is 332 g/mol. The van der Waals surface area contributed by atoms with Crippen molar-refractivity contribution in [1.82, 2.24) is 10.2 Å². The number of hydrogen-bond donors (Lipinski definition) is 1. The zero-order valence-corrected chi connectivity index (χ0v) is 15.0. The highest BCUT2D eigenvalue weighted by atomic mass is 35.5. The lowest BCUT2D eigenvalue weighted by molar-refractivity contribution is -0.144. The van der Waals surface area contributed by atoms with Crippen molar-refractivity contribution in [3.8, 4) is 0 Å². The second-order valence-corrected chi connectivity index (χ2v) is 5.67. The fraction of sp³-hybridized carbons (Fsp3) is 0.529. The number of esters is 1. The molecule has 134 valence electrons. The van der Waals surface area contributed by atoms with Gasteiger partial charge in [0, 0.05) is 25.2 Å². The zero-order valence-electron chi connectivity index (χ0n) is 14.2. The van der Waals surface area contributed by atoms with Crippen molar-refractivity contribution in [2.75, 3.05) is 46.5 Å². The highest BCUT2D eigenvalue weighted by Crippen LogP contribution is 2.09. The van der Waals surface area contributed by atoms with E-state index < -0.39 is 0 Å². The second-order valence-electron chi connectivity index (χ2n) is 5.23. The number of rotatable bonds is 11. The molecule has 0 aromatic heterocycles. The number of carbonyl (C=O) groups excluding carboxylic acids is 2. The second kappa shape index (κ2) is 11.8. The Balaban J connectivity index is 2.36. The van der Waals surface area contributed by atoms with Crippen LogP contribution in [0.15, 0.2) is 24.3 Å². The minimum absolute atomic E-state index is 0.0712. The summed E-state index contributed by atoms with van der Waals surface area (Å²) in [4.78, 5) is 25.3. The van der Waals surface area contributed by atoms with Crippen molar-refractivity contribution >= 4 is 23.5 Å². The van der Waals surface area contributed by atoms with Crippen molar-refractivity contribution < 1.29 is 19.1 Å². The van der Waals surface area contributed by atoms with Gasteiger partial charge in [-0.25, -0.2) is 0 Å². The van der Waals surface area contributed by atoms with E-state index in [-0.39, 0.29) is 25.0 Å². The first kappa shape index (κ1) is 20.4. The van der Waals surface area contributed by atoms with Crippen molar-refractivity contribution in [2.45, 2.75) is 13.3 Å². The molecule has 0 aliphatic heterocycles. The van der Waals surface area contributed by atoms with Gasteiger partial charge in [0.2, 0.25) is 5.91 Å². The number of hydrogen-bond acceptors (Lipinski definition) is 5. The summed E-state index contributed by atoms with van der Waals surface area (Å²) in [6.45, 7) is 3.73. The normalized spacial score (nSPS) is 10.7. The molecule has 0 bridgehead atoms. The molecule has 0 saturated heterocycles. The van der Waals surface area contributed by atoms with Gasteiger partial charge in [0.1, 0.15) is 0 Å². The molecule has 1 aromatic carbocycles. The molecule has 1 N–H and O–H groups in total. The molecule has 1 amide bonds. The van der Waals surface area contributed by atoms with Crippen molar-refractivity contribution in [3.05, 3.63) is 34.9 Å². The van der Waals surface area contributed by atoms with Crippen LogP contribution in [0.3, 0.4) is 0 Å². The predicted octanol–water partition coefficient (Wildman–Crippen LogP) is 1.51. The van der Waals surface area contributed by atoms with Gasteiger partial charge in [-0.05, 0) is 31.0 Å². The minimum atomic E-state index is -0.345. The van der Waals surface area contributed by atoms with E-state index in [4.69, 9.17) is 21.1 Å². The van der Waals surface area contributed by atoms with E-state index in [2.05, 4.69) is 5.32 Å². The van der Waals surface area contributed by atoms with Crippen LogP contribution in [0.5, 0.6) is 0 Å². The minimum Gasteiger partial charge on any atom is -0.465 e. The third-order valence-corrected chi connectivity index (χ3v) is 3.54. The fourth-order valence-corrected chi connectivity index (χ4v) is 2.21. The van der Waals surface area contributed by atoms with Crippen molar-refractivity contribution in [2.24, 2.45) is 0 Å². The van der Waals surface area contributed by atoms with Crippen LogP contribution < -0.4 is 5.32 Å². The third kappa shape index (κ3) is 8.86. The Hall–Kier alpha value is -1.63. The molecule has 1 aromatic rings. The van der Waals surface area contributed by atoms with Gasteiger partial charge >= 0.3 is 5.97 Å². The Morgan fingerprint density at radius 1 is 1.21 bits per heavy atom. The Morgan fingerprint density at radius 3 is 2.54 bits per heavy atom. The maximum absolute atomic E-state index is 12.0. The van der Waals surface area contributed by atoms with Gasteiger partial charge in [0.25, 0.3) is 0 Å². The lowest BCUT2D eigenvalue weighted by Gasteiger charge is -2.20. The molecule has 0 aliphatic rings. The van der Waals surface area contributed by atoms with Crippen LogP contribution in [-0.2, 0) is 25.5 Å². The Kier molecular flexibility index (Phi) is 10.1. The highest BCUT2D eigenvalue weighted by Gasteiger charge is 2.15. The largest absolute Gasteiger partial charge is 0.465 e. The van der Waals surface area contributed by atoms with Gasteiger partial charge in [-0.2, -0.15) is 0 Å². The molecule has 0 fully saturated rings.